The van der Waals surface area contributed by atoms with Crippen molar-refractivity contribution in [1.29, 1.82) is 0 Å². The normalized spacial score (nSPS) is 11.2. The summed E-state index contributed by atoms with van der Waals surface area (Å²) < 4.78 is 6.90. The summed E-state index contributed by atoms with van der Waals surface area (Å²) in [6, 6.07) is 23.1. The highest BCUT2D eigenvalue weighted by Gasteiger charge is 2.13. The fraction of sp³-hybridized carbons (Fsp3) is 0.0769. The molecular formula is C26H19BrN2O2. The highest BCUT2D eigenvalue weighted by molar-refractivity contribution is 9.10. The lowest BCUT2D eigenvalue weighted by Gasteiger charge is -2.09. The first-order chi connectivity index (χ1) is 15.0. The van der Waals surface area contributed by atoms with E-state index in [2.05, 4.69) is 40.1 Å². The Balaban J connectivity index is 1.41. The van der Waals surface area contributed by atoms with Crippen molar-refractivity contribution in [3.05, 3.63) is 94.0 Å². The first-order valence-electron chi connectivity index (χ1n) is 9.96. The van der Waals surface area contributed by atoms with Crippen molar-refractivity contribution in [2.75, 3.05) is 5.32 Å². The number of hydrogen-bond acceptors (Lipinski definition) is 3. The van der Waals surface area contributed by atoms with Gasteiger partial charge in [0, 0.05) is 21.3 Å². The van der Waals surface area contributed by atoms with Crippen molar-refractivity contribution in [1.82, 2.24) is 4.98 Å². The number of oxazole rings is 1. The molecule has 5 aromatic rings. The van der Waals surface area contributed by atoms with E-state index in [9.17, 15) is 4.79 Å². The molecule has 0 unspecified atom stereocenters. The van der Waals surface area contributed by atoms with Gasteiger partial charge in [-0.05, 0) is 84.3 Å². The van der Waals surface area contributed by atoms with Gasteiger partial charge >= 0.3 is 0 Å². The molecule has 5 rings (SSSR count). The lowest BCUT2D eigenvalue weighted by molar-refractivity contribution is 0.102. The maximum Gasteiger partial charge on any atom is 0.256 e. The Bertz CT molecular complexity index is 1410. The molecule has 152 valence electrons. The van der Waals surface area contributed by atoms with Crippen LogP contribution in [0.15, 0.2) is 81.7 Å². The zero-order chi connectivity index (χ0) is 21.5. The summed E-state index contributed by atoms with van der Waals surface area (Å²) in [7, 11) is 0. The minimum Gasteiger partial charge on any atom is -0.436 e. The second-order valence-electron chi connectivity index (χ2n) is 7.60. The van der Waals surface area contributed by atoms with Gasteiger partial charge in [0.1, 0.15) is 5.52 Å². The molecule has 0 saturated heterocycles. The number of nitrogens with zero attached hydrogens (tertiary/aromatic N) is 1. The molecule has 1 heterocycles. The van der Waals surface area contributed by atoms with Crippen LogP contribution in [0.4, 0.5) is 5.69 Å². The maximum absolute atomic E-state index is 12.9. The minimum absolute atomic E-state index is 0.149. The number of hydrogen-bond donors (Lipinski definition) is 1. The van der Waals surface area contributed by atoms with Gasteiger partial charge in [-0.2, -0.15) is 0 Å². The van der Waals surface area contributed by atoms with Gasteiger partial charge in [0.25, 0.3) is 5.91 Å². The van der Waals surface area contributed by atoms with E-state index in [1.54, 1.807) is 0 Å². The van der Waals surface area contributed by atoms with Gasteiger partial charge in [-0.25, -0.2) is 4.98 Å². The molecule has 1 aromatic heterocycles. The zero-order valence-corrected chi connectivity index (χ0v) is 18.7. The summed E-state index contributed by atoms with van der Waals surface area (Å²) in [4.78, 5) is 17.5. The third-order valence-corrected chi connectivity index (χ3v) is 6.20. The fourth-order valence-electron chi connectivity index (χ4n) is 3.67. The van der Waals surface area contributed by atoms with Gasteiger partial charge in [0.2, 0.25) is 5.89 Å². The number of amides is 1. The van der Waals surface area contributed by atoms with Crippen LogP contribution in [0.5, 0.6) is 0 Å². The Morgan fingerprint density at radius 3 is 2.42 bits per heavy atom. The molecule has 5 heteroatoms. The lowest BCUT2D eigenvalue weighted by Crippen LogP contribution is -2.12. The van der Waals surface area contributed by atoms with E-state index in [0.717, 1.165) is 31.9 Å². The van der Waals surface area contributed by atoms with Crippen LogP contribution in [0.3, 0.4) is 0 Å². The van der Waals surface area contributed by atoms with Crippen LogP contribution in [0.2, 0.25) is 0 Å². The SMILES string of the molecule is Cc1cc2nc(-c3ccc(NC(=O)c4cccc5c(Br)cccc45)cc3)oc2cc1C. The van der Waals surface area contributed by atoms with E-state index in [1.807, 2.05) is 72.8 Å². The first-order valence-corrected chi connectivity index (χ1v) is 10.8. The Kier molecular flexibility index (Phi) is 4.83. The Labute approximate surface area is 188 Å². The molecule has 4 nitrogen and oxygen atoms in total. The van der Waals surface area contributed by atoms with Crippen molar-refractivity contribution >= 4 is 49.4 Å². The average molecular weight is 471 g/mol. The largest absolute Gasteiger partial charge is 0.436 e. The molecule has 0 spiro atoms. The first kappa shape index (κ1) is 19.5. The highest BCUT2D eigenvalue weighted by atomic mass is 79.9. The molecule has 0 aliphatic heterocycles. The molecular weight excluding hydrogens is 452 g/mol. The third-order valence-electron chi connectivity index (χ3n) is 5.51. The second kappa shape index (κ2) is 7.67. The van der Waals surface area contributed by atoms with E-state index in [0.29, 0.717) is 17.1 Å². The van der Waals surface area contributed by atoms with Crippen molar-refractivity contribution in [3.63, 3.8) is 0 Å². The van der Waals surface area contributed by atoms with Crippen molar-refractivity contribution in [2.45, 2.75) is 13.8 Å². The number of benzene rings is 4. The third kappa shape index (κ3) is 3.62. The Hall–Kier alpha value is -3.44. The van der Waals surface area contributed by atoms with E-state index >= 15 is 0 Å². The quantitative estimate of drug-likeness (QED) is 0.301. The standard InChI is InChI=1S/C26H19BrN2O2/c1-15-13-23-24(14-16(15)2)31-26(29-23)17-9-11-18(12-10-17)28-25(30)21-7-3-6-20-19(21)5-4-8-22(20)27/h3-14H,1-2H3,(H,28,30). The summed E-state index contributed by atoms with van der Waals surface area (Å²) in [6.45, 7) is 4.12. The van der Waals surface area contributed by atoms with Crippen LogP contribution < -0.4 is 5.32 Å². The van der Waals surface area contributed by atoms with Crippen molar-refractivity contribution in [2.24, 2.45) is 0 Å². The molecule has 4 aromatic carbocycles. The molecule has 0 radical (unpaired) electrons. The number of aryl methyl sites for hydroxylation is 2. The topological polar surface area (TPSA) is 55.1 Å². The summed E-state index contributed by atoms with van der Waals surface area (Å²) in [5, 5.41) is 4.90. The van der Waals surface area contributed by atoms with Crippen LogP contribution in [0.25, 0.3) is 33.3 Å². The molecule has 0 bridgehead atoms. The summed E-state index contributed by atoms with van der Waals surface area (Å²) in [6.07, 6.45) is 0. The van der Waals surface area contributed by atoms with E-state index in [4.69, 9.17) is 4.42 Å². The number of halogens is 1. The van der Waals surface area contributed by atoms with Crippen LogP contribution in [-0.2, 0) is 0 Å². The lowest BCUT2D eigenvalue weighted by atomic mass is 10.0. The van der Waals surface area contributed by atoms with Crippen LogP contribution >= 0.6 is 15.9 Å². The summed E-state index contributed by atoms with van der Waals surface area (Å²) >= 11 is 3.55. The number of carbonyl (C=O) groups excluding carboxylic acids is 1. The molecule has 0 atom stereocenters. The molecule has 0 aliphatic carbocycles. The molecule has 0 fully saturated rings. The molecule has 0 saturated carbocycles. The van der Waals surface area contributed by atoms with Crippen LogP contribution in [0.1, 0.15) is 21.5 Å². The summed E-state index contributed by atoms with van der Waals surface area (Å²) in [5.74, 6) is 0.418. The predicted molar refractivity (Wildman–Crippen MR) is 129 cm³/mol. The smallest absolute Gasteiger partial charge is 0.256 e. The number of fused-ring (bicyclic) bond motifs is 2. The van der Waals surface area contributed by atoms with Crippen molar-refractivity contribution < 1.29 is 9.21 Å². The maximum atomic E-state index is 12.9. The van der Waals surface area contributed by atoms with Gasteiger partial charge in [-0.15, -0.1) is 0 Å². The van der Waals surface area contributed by atoms with Gasteiger partial charge < -0.3 is 9.73 Å². The second-order valence-corrected chi connectivity index (χ2v) is 8.45. The van der Waals surface area contributed by atoms with Crippen LogP contribution in [0, 0.1) is 13.8 Å². The van der Waals surface area contributed by atoms with Gasteiger partial charge in [0.05, 0.1) is 0 Å². The van der Waals surface area contributed by atoms with E-state index in [-0.39, 0.29) is 5.91 Å². The van der Waals surface area contributed by atoms with Gasteiger partial charge in [-0.3, -0.25) is 4.79 Å². The van der Waals surface area contributed by atoms with E-state index in [1.165, 1.54) is 11.1 Å². The molecule has 31 heavy (non-hydrogen) atoms. The monoisotopic (exact) mass is 470 g/mol. The summed E-state index contributed by atoms with van der Waals surface area (Å²) in [5.41, 5.74) is 6.18. The number of carbonyl (C=O) groups is 1. The van der Waals surface area contributed by atoms with Gasteiger partial charge in [-0.1, -0.05) is 40.2 Å². The Morgan fingerprint density at radius 2 is 1.61 bits per heavy atom. The average Bonchev–Trinajstić information content (AvgIpc) is 3.17. The molecule has 1 amide bonds. The van der Waals surface area contributed by atoms with Crippen molar-refractivity contribution in [3.8, 4) is 11.5 Å². The number of aromatic nitrogens is 1. The highest BCUT2D eigenvalue weighted by Crippen LogP contribution is 2.29. The number of rotatable bonds is 3. The van der Waals surface area contributed by atoms with Crippen LogP contribution in [-0.4, -0.2) is 10.9 Å². The van der Waals surface area contributed by atoms with Gasteiger partial charge in [0.15, 0.2) is 5.58 Å². The predicted octanol–water partition coefficient (Wildman–Crippen LogP) is 7.28. The fourth-order valence-corrected chi connectivity index (χ4v) is 4.17. The zero-order valence-electron chi connectivity index (χ0n) is 17.1. The Morgan fingerprint density at radius 1 is 0.903 bits per heavy atom. The molecule has 1 N–H and O–H groups in total. The molecule has 0 aliphatic rings. The number of nitrogens with one attached hydrogen (secondary N) is 1. The minimum atomic E-state index is -0.149. The van der Waals surface area contributed by atoms with E-state index < -0.39 is 0 Å². The number of anilines is 1.